The third-order valence-corrected chi connectivity index (χ3v) is 3.39. The monoisotopic (exact) mass is 236 g/mol. The largest absolute Gasteiger partial charge is 0.449 e. The predicted molar refractivity (Wildman–Crippen MR) is 64.8 cm³/mol. The maximum absolute atomic E-state index is 10.4. The second kappa shape index (κ2) is 5.45. The first-order valence-electron chi connectivity index (χ1n) is 6.33. The Balaban J connectivity index is 1.97. The third kappa shape index (κ3) is 2.94. The van der Waals surface area contributed by atoms with E-state index in [0.29, 0.717) is 18.5 Å². The lowest BCUT2D eigenvalue weighted by molar-refractivity contribution is -0.107. The summed E-state index contributed by atoms with van der Waals surface area (Å²) in [5, 5.41) is 0. The van der Waals surface area contributed by atoms with E-state index in [9.17, 15) is 4.79 Å². The van der Waals surface area contributed by atoms with Gasteiger partial charge in [-0.2, -0.15) is 0 Å². The third-order valence-electron chi connectivity index (χ3n) is 3.39. The molecule has 0 aliphatic carbocycles. The van der Waals surface area contributed by atoms with Crippen LogP contribution in [-0.4, -0.2) is 34.8 Å². The van der Waals surface area contributed by atoms with E-state index in [-0.39, 0.29) is 0 Å². The Morgan fingerprint density at radius 1 is 1.65 bits per heavy atom. The van der Waals surface area contributed by atoms with Crippen molar-refractivity contribution in [3.8, 4) is 0 Å². The second-order valence-corrected chi connectivity index (χ2v) is 4.94. The summed E-state index contributed by atoms with van der Waals surface area (Å²) in [6.45, 7) is 5.63. The quantitative estimate of drug-likeness (QED) is 0.732. The molecule has 0 spiro atoms. The van der Waals surface area contributed by atoms with Crippen LogP contribution in [0.25, 0.3) is 0 Å². The number of aldehydes is 1. The lowest BCUT2D eigenvalue weighted by atomic mass is 10.1. The smallest absolute Gasteiger partial charge is 0.195 e. The molecule has 17 heavy (non-hydrogen) atoms. The highest BCUT2D eigenvalue weighted by Gasteiger charge is 2.27. The Labute approximate surface area is 102 Å². The Morgan fingerprint density at radius 2 is 2.47 bits per heavy atom. The second-order valence-electron chi connectivity index (χ2n) is 4.94. The van der Waals surface area contributed by atoms with Gasteiger partial charge >= 0.3 is 0 Å². The van der Waals surface area contributed by atoms with Crippen LogP contribution in [-0.2, 0) is 17.6 Å². The molecule has 1 aromatic rings. The summed E-state index contributed by atoms with van der Waals surface area (Å²) in [5.41, 5.74) is 0.740. The number of rotatable bonds is 5. The number of carbonyl (C=O) groups is 1. The van der Waals surface area contributed by atoms with Crippen LogP contribution in [0, 0.1) is 0 Å². The summed E-state index contributed by atoms with van der Waals surface area (Å²) in [4.78, 5) is 17.2. The topological polar surface area (TPSA) is 46.3 Å². The predicted octanol–water partition coefficient (Wildman–Crippen LogP) is 1.83. The number of aromatic nitrogens is 1. The molecule has 2 rings (SSSR count). The zero-order chi connectivity index (χ0) is 12.3. The van der Waals surface area contributed by atoms with Gasteiger partial charge in [0.2, 0.25) is 0 Å². The fourth-order valence-electron chi connectivity index (χ4n) is 2.58. The van der Waals surface area contributed by atoms with Gasteiger partial charge < -0.3 is 9.21 Å². The number of carbonyl (C=O) groups excluding carboxylic acids is 1. The Hall–Kier alpha value is -1.16. The van der Waals surface area contributed by atoms with Gasteiger partial charge in [-0.1, -0.05) is 0 Å². The van der Waals surface area contributed by atoms with E-state index in [1.807, 2.05) is 0 Å². The molecule has 1 aromatic heterocycles. The summed E-state index contributed by atoms with van der Waals surface area (Å²) in [5.74, 6) is 0.763. The standard InChI is InChI=1S/C13H20N2O2/c1-10(2)15-6-3-4-12(15)8-13-14-11(5-7-16)9-17-13/h7,9-10,12H,3-6,8H2,1-2H3. The average molecular weight is 236 g/mol. The minimum Gasteiger partial charge on any atom is -0.449 e. The van der Waals surface area contributed by atoms with Crippen LogP contribution >= 0.6 is 0 Å². The van der Waals surface area contributed by atoms with Crippen molar-refractivity contribution in [3.05, 3.63) is 17.8 Å². The molecule has 1 fully saturated rings. The fraction of sp³-hybridized carbons (Fsp3) is 0.692. The molecule has 0 amide bonds. The van der Waals surface area contributed by atoms with Crippen LogP contribution in [0.3, 0.4) is 0 Å². The van der Waals surface area contributed by atoms with Crippen molar-refractivity contribution >= 4 is 6.29 Å². The highest BCUT2D eigenvalue weighted by molar-refractivity contribution is 5.53. The number of hydrogen-bond acceptors (Lipinski definition) is 4. The molecule has 1 saturated heterocycles. The van der Waals surface area contributed by atoms with Gasteiger partial charge in [0, 0.05) is 24.9 Å². The van der Waals surface area contributed by atoms with Crippen molar-refractivity contribution in [1.29, 1.82) is 0 Å². The highest BCUT2D eigenvalue weighted by Crippen LogP contribution is 2.23. The maximum atomic E-state index is 10.4. The fourth-order valence-corrected chi connectivity index (χ4v) is 2.58. The lowest BCUT2D eigenvalue weighted by Crippen LogP contribution is -2.36. The summed E-state index contributed by atoms with van der Waals surface area (Å²) in [6.07, 6.45) is 6.13. The minimum absolute atomic E-state index is 0.349. The van der Waals surface area contributed by atoms with E-state index in [4.69, 9.17) is 4.42 Å². The van der Waals surface area contributed by atoms with Crippen molar-refractivity contribution in [2.24, 2.45) is 0 Å². The van der Waals surface area contributed by atoms with Crippen molar-refractivity contribution in [2.45, 2.75) is 51.6 Å². The van der Waals surface area contributed by atoms with Gasteiger partial charge in [0.1, 0.15) is 12.5 Å². The van der Waals surface area contributed by atoms with E-state index in [1.54, 1.807) is 6.26 Å². The van der Waals surface area contributed by atoms with Crippen LogP contribution in [0.1, 0.15) is 38.3 Å². The van der Waals surface area contributed by atoms with Gasteiger partial charge in [-0.05, 0) is 33.2 Å². The molecule has 1 unspecified atom stereocenters. The van der Waals surface area contributed by atoms with Crippen molar-refractivity contribution in [2.75, 3.05) is 6.54 Å². The molecule has 0 radical (unpaired) electrons. The van der Waals surface area contributed by atoms with Gasteiger partial charge in [-0.25, -0.2) is 4.98 Å². The molecule has 1 aliphatic heterocycles. The normalized spacial score (nSPS) is 21.2. The summed E-state index contributed by atoms with van der Waals surface area (Å²) in [6, 6.07) is 1.12. The molecule has 4 nitrogen and oxygen atoms in total. The zero-order valence-electron chi connectivity index (χ0n) is 10.6. The van der Waals surface area contributed by atoms with Crippen molar-refractivity contribution in [1.82, 2.24) is 9.88 Å². The first-order chi connectivity index (χ1) is 8.20. The van der Waals surface area contributed by atoms with E-state index >= 15 is 0 Å². The van der Waals surface area contributed by atoms with E-state index in [2.05, 4.69) is 23.7 Å². The Kier molecular flexibility index (Phi) is 3.94. The summed E-state index contributed by atoms with van der Waals surface area (Å²) >= 11 is 0. The zero-order valence-corrected chi connectivity index (χ0v) is 10.6. The SMILES string of the molecule is CC(C)N1CCCC1Cc1nc(CC=O)co1. The molecule has 0 N–H and O–H groups in total. The molecule has 1 aliphatic rings. The summed E-state index contributed by atoms with van der Waals surface area (Å²) in [7, 11) is 0. The summed E-state index contributed by atoms with van der Waals surface area (Å²) < 4.78 is 5.41. The first kappa shape index (κ1) is 12.3. The van der Waals surface area contributed by atoms with Crippen LogP contribution in [0.15, 0.2) is 10.7 Å². The van der Waals surface area contributed by atoms with Gasteiger partial charge in [0.25, 0.3) is 0 Å². The molecule has 4 heteroatoms. The highest BCUT2D eigenvalue weighted by atomic mass is 16.3. The molecule has 0 saturated carbocycles. The Morgan fingerprint density at radius 3 is 3.18 bits per heavy atom. The van der Waals surface area contributed by atoms with E-state index < -0.39 is 0 Å². The van der Waals surface area contributed by atoms with Crippen LogP contribution in [0.4, 0.5) is 0 Å². The maximum Gasteiger partial charge on any atom is 0.195 e. The molecule has 0 bridgehead atoms. The van der Waals surface area contributed by atoms with Gasteiger partial charge in [-0.15, -0.1) is 0 Å². The number of nitrogens with zero attached hydrogens (tertiary/aromatic N) is 2. The number of hydrogen-bond donors (Lipinski definition) is 0. The van der Waals surface area contributed by atoms with Gasteiger partial charge in [0.15, 0.2) is 5.89 Å². The molecule has 94 valence electrons. The van der Waals surface area contributed by atoms with Crippen LogP contribution in [0.2, 0.25) is 0 Å². The van der Waals surface area contributed by atoms with E-state index in [0.717, 1.165) is 24.3 Å². The molecular formula is C13H20N2O2. The Bertz CT molecular complexity index is 373. The molecule has 2 heterocycles. The molecule has 1 atom stereocenters. The average Bonchev–Trinajstić information content (AvgIpc) is 2.89. The molecular weight excluding hydrogens is 216 g/mol. The van der Waals surface area contributed by atoms with Crippen LogP contribution < -0.4 is 0 Å². The first-order valence-corrected chi connectivity index (χ1v) is 6.33. The van der Waals surface area contributed by atoms with E-state index in [1.165, 1.54) is 19.4 Å². The van der Waals surface area contributed by atoms with Crippen molar-refractivity contribution < 1.29 is 9.21 Å². The van der Waals surface area contributed by atoms with Gasteiger partial charge in [-0.3, -0.25) is 4.90 Å². The van der Waals surface area contributed by atoms with Gasteiger partial charge in [0.05, 0.1) is 5.69 Å². The number of likely N-dealkylation sites (tertiary alicyclic amines) is 1. The minimum atomic E-state index is 0.349. The number of oxazole rings is 1. The van der Waals surface area contributed by atoms with Crippen LogP contribution in [0.5, 0.6) is 0 Å². The lowest BCUT2D eigenvalue weighted by Gasteiger charge is -2.27. The molecule has 0 aromatic carbocycles. The van der Waals surface area contributed by atoms with Crippen molar-refractivity contribution in [3.63, 3.8) is 0 Å².